The lowest BCUT2D eigenvalue weighted by Gasteiger charge is -2.15. The molecule has 0 saturated heterocycles. The van der Waals surface area contributed by atoms with Crippen molar-refractivity contribution in [2.75, 3.05) is 6.54 Å². The SMILES string of the molecule is c1ccc(CC2(CNC3CC3)CC2)cc1. The van der Waals surface area contributed by atoms with Crippen molar-refractivity contribution in [3.8, 4) is 0 Å². The molecule has 1 aromatic rings. The van der Waals surface area contributed by atoms with Gasteiger partial charge in [0.25, 0.3) is 0 Å². The predicted octanol–water partition coefficient (Wildman–Crippen LogP) is 2.76. The maximum absolute atomic E-state index is 3.68. The molecule has 2 aliphatic carbocycles. The first-order chi connectivity index (χ1) is 7.36. The molecule has 1 aromatic carbocycles. The fourth-order valence-electron chi connectivity index (χ4n) is 2.27. The minimum atomic E-state index is 0.615. The first kappa shape index (κ1) is 9.41. The summed E-state index contributed by atoms with van der Waals surface area (Å²) in [6.45, 7) is 1.24. The van der Waals surface area contributed by atoms with Crippen molar-refractivity contribution in [2.45, 2.75) is 38.1 Å². The molecule has 0 aliphatic heterocycles. The smallest absolute Gasteiger partial charge is 0.00684 e. The van der Waals surface area contributed by atoms with E-state index in [-0.39, 0.29) is 0 Å². The zero-order chi connectivity index (χ0) is 10.1. The zero-order valence-corrected chi connectivity index (χ0v) is 9.21. The molecule has 0 amide bonds. The summed E-state index contributed by atoms with van der Waals surface area (Å²) >= 11 is 0. The predicted molar refractivity (Wildman–Crippen MR) is 62.8 cm³/mol. The highest BCUT2D eigenvalue weighted by molar-refractivity contribution is 5.19. The minimum Gasteiger partial charge on any atom is -0.313 e. The summed E-state index contributed by atoms with van der Waals surface area (Å²) in [7, 11) is 0. The number of hydrogen-bond donors (Lipinski definition) is 1. The van der Waals surface area contributed by atoms with Crippen LogP contribution in [0.1, 0.15) is 31.2 Å². The fraction of sp³-hybridized carbons (Fsp3) is 0.571. The standard InChI is InChI=1S/C14H19N/c1-2-4-12(5-3-1)10-14(8-9-14)11-15-13-6-7-13/h1-5,13,15H,6-11H2. The lowest BCUT2D eigenvalue weighted by molar-refractivity contribution is 0.453. The third-order valence-corrected chi connectivity index (χ3v) is 3.72. The van der Waals surface area contributed by atoms with E-state index in [4.69, 9.17) is 0 Å². The Hall–Kier alpha value is -0.820. The van der Waals surface area contributed by atoms with Crippen LogP contribution in [-0.2, 0) is 6.42 Å². The van der Waals surface area contributed by atoms with Crippen LogP contribution in [0.5, 0.6) is 0 Å². The monoisotopic (exact) mass is 201 g/mol. The molecule has 1 heteroatoms. The molecule has 0 atom stereocenters. The maximum atomic E-state index is 3.68. The van der Waals surface area contributed by atoms with Gasteiger partial charge in [0.05, 0.1) is 0 Å². The molecule has 0 bridgehead atoms. The maximum Gasteiger partial charge on any atom is 0.00684 e. The van der Waals surface area contributed by atoms with Crippen LogP contribution in [0.2, 0.25) is 0 Å². The molecular formula is C14H19N. The van der Waals surface area contributed by atoms with Crippen LogP contribution in [0, 0.1) is 5.41 Å². The Morgan fingerprint density at radius 1 is 1.13 bits per heavy atom. The quantitative estimate of drug-likeness (QED) is 0.772. The van der Waals surface area contributed by atoms with Crippen LogP contribution in [-0.4, -0.2) is 12.6 Å². The molecule has 0 heterocycles. The van der Waals surface area contributed by atoms with Gasteiger partial charge in [-0.2, -0.15) is 0 Å². The normalized spacial score (nSPS) is 22.7. The molecule has 0 aromatic heterocycles. The molecule has 2 saturated carbocycles. The molecule has 0 unspecified atom stereocenters. The average Bonchev–Trinajstić information content (AvgIpc) is 3.13. The van der Waals surface area contributed by atoms with Gasteiger partial charge in [0.2, 0.25) is 0 Å². The molecule has 2 fully saturated rings. The molecule has 1 N–H and O–H groups in total. The fourth-order valence-corrected chi connectivity index (χ4v) is 2.27. The summed E-state index contributed by atoms with van der Waals surface area (Å²) in [6, 6.07) is 11.8. The van der Waals surface area contributed by atoms with Crippen molar-refractivity contribution in [2.24, 2.45) is 5.41 Å². The summed E-state index contributed by atoms with van der Waals surface area (Å²) in [4.78, 5) is 0. The Morgan fingerprint density at radius 2 is 1.87 bits per heavy atom. The van der Waals surface area contributed by atoms with Gasteiger partial charge in [-0.05, 0) is 43.1 Å². The van der Waals surface area contributed by atoms with Gasteiger partial charge in [0, 0.05) is 12.6 Å². The first-order valence-corrected chi connectivity index (χ1v) is 6.14. The third-order valence-electron chi connectivity index (χ3n) is 3.72. The van der Waals surface area contributed by atoms with E-state index in [1.807, 2.05) is 0 Å². The minimum absolute atomic E-state index is 0.615. The topological polar surface area (TPSA) is 12.0 Å². The molecule has 15 heavy (non-hydrogen) atoms. The van der Waals surface area contributed by atoms with E-state index in [1.54, 1.807) is 0 Å². The first-order valence-electron chi connectivity index (χ1n) is 6.14. The van der Waals surface area contributed by atoms with Crippen molar-refractivity contribution >= 4 is 0 Å². The second-order valence-electron chi connectivity index (χ2n) is 5.32. The van der Waals surface area contributed by atoms with Crippen molar-refractivity contribution in [3.05, 3.63) is 35.9 Å². The van der Waals surface area contributed by atoms with Gasteiger partial charge in [-0.25, -0.2) is 0 Å². The lowest BCUT2D eigenvalue weighted by Crippen LogP contribution is -2.27. The Balaban J connectivity index is 1.57. The van der Waals surface area contributed by atoms with Crippen LogP contribution in [0.25, 0.3) is 0 Å². The van der Waals surface area contributed by atoms with Crippen molar-refractivity contribution < 1.29 is 0 Å². The van der Waals surface area contributed by atoms with Crippen molar-refractivity contribution in [1.82, 2.24) is 5.32 Å². The number of hydrogen-bond acceptors (Lipinski definition) is 1. The van der Waals surface area contributed by atoms with E-state index >= 15 is 0 Å². The number of rotatable bonds is 5. The molecule has 80 valence electrons. The second kappa shape index (κ2) is 3.64. The van der Waals surface area contributed by atoms with E-state index in [0.717, 1.165) is 6.04 Å². The van der Waals surface area contributed by atoms with Gasteiger partial charge in [0.1, 0.15) is 0 Å². The average molecular weight is 201 g/mol. The van der Waals surface area contributed by atoms with Crippen LogP contribution in [0.4, 0.5) is 0 Å². The van der Waals surface area contributed by atoms with Crippen LogP contribution < -0.4 is 5.32 Å². The second-order valence-corrected chi connectivity index (χ2v) is 5.32. The summed E-state index contributed by atoms with van der Waals surface area (Å²) in [5, 5.41) is 3.68. The van der Waals surface area contributed by atoms with E-state index in [0.29, 0.717) is 5.41 Å². The number of nitrogens with one attached hydrogen (secondary N) is 1. The van der Waals surface area contributed by atoms with Crippen molar-refractivity contribution in [1.29, 1.82) is 0 Å². The summed E-state index contributed by atoms with van der Waals surface area (Å²) in [6.07, 6.45) is 6.92. The Kier molecular flexibility index (Phi) is 2.28. The Bertz CT molecular complexity index is 322. The van der Waals surface area contributed by atoms with Gasteiger partial charge in [0.15, 0.2) is 0 Å². The van der Waals surface area contributed by atoms with Gasteiger partial charge >= 0.3 is 0 Å². The van der Waals surface area contributed by atoms with E-state index in [9.17, 15) is 0 Å². The molecule has 0 radical (unpaired) electrons. The highest BCUT2D eigenvalue weighted by Gasteiger charge is 2.42. The molecule has 0 spiro atoms. The summed E-state index contributed by atoms with van der Waals surface area (Å²) in [5.41, 5.74) is 2.12. The van der Waals surface area contributed by atoms with Crippen LogP contribution >= 0.6 is 0 Å². The molecular weight excluding hydrogens is 182 g/mol. The molecule has 3 rings (SSSR count). The highest BCUT2D eigenvalue weighted by Crippen LogP contribution is 2.48. The van der Waals surface area contributed by atoms with Crippen LogP contribution in [0.15, 0.2) is 30.3 Å². The summed E-state index contributed by atoms with van der Waals surface area (Å²) in [5.74, 6) is 0. The largest absolute Gasteiger partial charge is 0.313 e. The van der Waals surface area contributed by atoms with Crippen molar-refractivity contribution in [3.63, 3.8) is 0 Å². The Labute approximate surface area is 91.9 Å². The van der Waals surface area contributed by atoms with E-state index in [2.05, 4.69) is 35.6 Å². The highest BCUT2D eigenvalue weighted by atomic mass is 15.0. The van der Waals surface area contributed by atoms with Gasteiger partial charge in [-0.15, -0.1) is 0 Å². The Morgan fingerprint density at radius 3 is 2.47 bits per heavy atom. The zero-order valence-electron chi connectivity index (χ0n) is 9.21. The number of benzene rings is 1. The summed E-state index contributed by atoms with van der Waals surface area (Å²) < 4.78 is 0. The van der Waals surface area contributed by atoms with Crippen LogP contribution in [0.3, 0.4) is 0 Å². The van der Waals surface area contributed by atoms with Gasteiger partial charge < -0.3 is 5.32 Å². The molecule has 2 aliphatic rings. The van der Waals surface area contributed by atoms with E-state index < -0.39 is 0 Å². The van der Waals surface area contributed by atoms with Gasteiger partial charge in [-0.3, -0.25) is 0 Å². The third kappa shape index (κ3) is 2.40. The molecule has 1 nitrogen and oxygen atoms in total. The van der Waals surface area contributed by atoms with Gasteiger partial charge in [-0.1, -0.05) is 30.3 Å². The lowest BCUT2D eigenvalue weighted by atomic mass is 9.96. The van der Waals surface area contributed by atoms with E-state index in [1.165, 1.54) is 44.2 Å².